The van der Waals surface area contributed by atoms with Crippen LogP contribution >= 0.6 is 23.1 Å². The number of nitrogens with zero attached hydrogens (tertiary/aromatic N) is 4. The van der Waals surface area contributed by atoms with Crippen LogP contribution in [0.3, 0.4) is 0 Å². The van der Waals surface area contributed by atoms with Gasteiger partial charge in [0.05, 0.1) is 5.41 Å². The molecule has 4 rings (SSSR count). The summed E-state index contributed by atoms with van der Waals surface area (Å²) in [4.78, 5) is 60.5. The number of hydrogen-bond acceptors (Lipinski definition) is 13. The predicted molar refractivity (Wildman–Crippen MR) is 147 cm³/mol. The van der Waals surface area contributed by atoms with Crippen LogP contribution in [-0.4, -0.2) is 73.5 Å². The van der Waals surface area contributed by atoms with Gasteiger partial charge in [0.1, 0.15) is 22.8 Å². The lowest BCUT2D eigenvalue weighted by atomic mass is 9.98. The number of thioether (sulfide) groups is 1. The molecule has 2 atom stereocenters. The van der Waals surface area contributed by atoms with E-state index in [-0.39, 0.29) is 16.5 Å². The summed E-state index contributed by atoms with van der Waals surface area (Å²) in [7, 11) is 0. The first-order chi connectivity index (χ1) is 19.0. The highest BCUT2D eigenvalue weighted by Gasteiger charge is 2.54. The highest BCUT2D eigenvalue weighted by Crippen LogP contribution is 2.41. The lowest BCUT2D eigenvalue weighted by Gasteiger charge is -2.49. The number of carbonyl (C=O) groups is 4. The van der Waals surface area contributed by atoms with Crippen LogP contribution in [0.15, 0.2) is 52.4 Å². The maximum Gasteiger partial charge on any atom is 0.358 e. The van der Waals surface area contributed by atoms with Gasteiger partial charge in [-0.05, 0) is 38.0 Å². The van der Waals surface area contributed by atoms with Gasteiger partial charge in [0.2, 0.25) is 6.79 Å². The average molecular weight is 587 g/mol. The maximum absolute atomic E-state index is 13.2. The zero-order valence-corrected chi connectivity index (χ0v) is 23.3. The van der Waals surface area contributed by atoms with Crippen molar-refractivity contribution < 1.29 is 33.9 Å². The molecule has 15 heteroatoms. The van der Waals surface area contributed by atoms with E-state index < -0.39 is 53.1 Å². The second-order valence-electron chi connectivity index (χ2n) is 9.61. The van der Waals surface area contributed by atoms with E-state index in [2.05, 4.69) is 20.4 Å². The summed E-state index contributed by atoms with van der Waals surface area (Å²) in [6.45, 7) is 4.35. The van der Waals surface area contributed by atoms with Crippen molar-refractivity contribution in [2.75, 3.05) is 18.3 Å². The fourth-order valence-corrected chi connectivity index (χ4v) is 5.54. The SMILES string of the molecule is CC(C)(C)C(=O)OCOC(=O)C1=C(/C=C\c2cccnc2)CS[C@@H]2[C@H](NC(=O)/C(=N/O)c3csc(N)n3)C(=O)N12. The fourth-order valence-electron chi connectivity index (χ4n) is 3.67. The van der Waals surface area contributed by atoms with Crippen molar-refractivity contribution in [1.29, 1.82) is 0 Å². The fraction of sp³-hybridized carbons (Fsp3) is 0.320. The van der Waals surface area contributed by atoms with E-state index in [1.807, 2.05) is 6.07 Å². The van der Waals surface area contributed by atoms with Crippen molar-refractivity contribution in [2.24, 2.45) is 10.6 Å². The number of pyridine rings is 1. The van der Waals surface area contributed by atoms with Crippen LogP contribution in [0.25, 0.3) is 6.08 Å². The molecular formula is C25H26N6O7S2. The molecule has 0 aromatic carbocycles. The summed E-state index contributed by atoms with van der Waals surface area (Å²) in [5, 5.41) is 15.9. The van der Waals surface area contributed by atoms with E-state index in [1.165, 1.54) is 22.0 Å². The third-order valence-corrected chi connectivity index (χ3v) is 7.69. The van der Waals surface area contributed by atoms with Crippen LogP contribution in [0.5, 0.6) is 0 Å². The van der Waals surface area contributed by atoms with Gasteiger partial charge in [-0.15, -0.1) is 23.1 Å². The topological polar surface area (TPSA) is 186 Å². The molecule has 1 saturated heterocycles. The molecular weight excluding hydrogens is 560 g/mol. The Kier molecular flexibility index (Phi) is 8.54. The van der Waals surface area contributed by atoms with Crippen molar-refractivity contribution in [1.82, 2.24) is 20.2 Å². The number of thiazole rings is 1. The van der Waals surface area contributed by atoms with E-state index in [0.717, 1.165) is 16.9 Å². The number of allylic oxidation sites excluding steroid dienone is 1. The number of aromatic nitrogens is 2. The molecule has 0 radical (unpaired) electrons. The Bertz CT molecular complexity index is 1410. The molecule has 40 heavy (non-hydrogen) atoms. The Balaban J connectivity index is 1.54. The minimum absolute atomic E-state index is 0.0329. The van der Waals surface area contributed by atoms with Gasteiger partial charge < -0.3 is 25.7 Å². The second-order valence-corrected chi connectivity index (χ2v) is 11.6. The van der Waals surface area contributed by atoms with Gasteiger partial charge in [0.15, 0.2) is 10.8 Å². The summed E-state index contributed by atoms with van der Waals surface area (Å²) >= 11 is 2.37. The first-order valence-corrected chi connectivity index (χ1v) is 13.8. The zero-order chi connectivity index (χ0) is 29.0. The van der Waals surface area contributed by atoms with Crippen LogP contribution in [0.1, 0.15) is 32.0 Å². The molecule has 0 bridgehead atoms. The van der Waals surface area contributed by atoms with E-state index in [9.17, 15) is 24.4 Å². The van der Waals surface area contributed by atoms with E-state index in [1.54, 1.807) is 51.4 Å². The molecule has 4 heterocycles. The van der Waals surface area contributed by atoms with E-state index in [4.69, 9.17) is 15.2 Å². The van der Waals surface area contributed by atoms with Crippen molar-refractivity contribution >= 4 is 63.8 Å². The molecule has 2 aliphatic rings. The summed E-state index contributed by atoms with van der Waals surface area (Å²) in [5.74, 6) is -2.55. The van der Waals surface area contributed by atoms with Crippen molar-refractivity contribution in [3.8, 4) is 0 Å². The summed E-state index contributed by atoms with van der Waals surface area (Å²) in [6, 6.07) is 2.56. The Morgan fingerprint density at radius 3 is 2.70 bits per heavy atom. The number of fused-ring (bicyclic) bond motifs is 1. The number of hydrogen-bond donors (Lipinski definition) is 3. The predicted octanol–water partition coefficient (Wildman–Crippen LogP) is 1.76. The number of nitrogens with one attached hydrogen (secondary N) is 1. The quantitative estimate of drug-likeness (QED) is 0.102. The van der Waals surface area contributed by atoms with E-state index >= 15 is 0 Å². The average Bonchev–Trinajstić information content (AvgIpc) is 3.35. The first kappa shape index (κ1) is 28.8. The summed E-state index contributed by atoms with van der Waals surface area (Å²) in [5.41, 5.74) is 5.68. The number of nitrogens with two attached hydrogens (primary N) is 1. The number of nitrogen functional groups attached to an aromatic ring is 1. The normalized spacial score (nSPS) is 19.2. The van der Waals surface area contributed by atoms with Gasteiger partial charge in [0, 0.05) is 23.5 Å². The van der Waals surface area contributed by atoms with Gasteiger partial charge in [0.25, 0.3) is 11.8 Å². The molecule has 4 N–H and O–H groups in total. The van der Waals surface area contributed by atoms with Crippen LogP contribution in [0, 0.1) is 5.41 Å². The summed E-state index contributed by atoms with van der Waals surface area (Å²) < 4.78 is 10.3. The lowest BCUT2D eigenvalue weighted by Crippen LogP contribution is -2.71. The minimum atomic E-state index is -1.02. The number of rotatable bonds is 8. The number of anilines is 1. The largest absolute Gasteiger partial charge is 0.427 e. The number of carbonyl (C=O) groups excluding carboxylic acids is 4. The Morgan fingerprint density at radius 1 is 1.30 bits per heavy atom. The minimum Gasteiger partial charge on any atom is -0.427 e. The van der Waals surface area contributed by atoms with Gasteiger partial charge in [-0.1, -0.05) is 23.4 Å². The number of β-lactam (4-membered cyclic amide) rings is 1. The number of esters is 2. The molecule has 1 fully saturated rings. The highest BCUT2D eigenvalue weighted by molar-refractivity contribution is 8.00. The van der Waals surface area contributed by atoms with Gasteiger partial charge in [-0.25, -0.2) is 9.78 Å². The third kappa shape index (κ3) is 6.15. The van der Waals surface area contributed by atoms with E-state index in [0.29, 0.717) is 11.3 Å². The van der Waals surface area contributed by atoms with Crippen LogP contribution < -0.4 is 11.1 Å². The van der Waals surface area contributed by atoms with Crippen LogP contribution in [-0.2, 0) is 28.7 Å². The van der Waals surface area contributed by atoms with Gasteiger partial charge >= 0.3 is 11.9 Å². The Morgan fingerprint density at radius 2 is 2.08 bits per heavy atom. The Hall–Kier alpha value is -4.24. The molecule has 0 spiro atoms. The molecule has 0 unspecified atom stereocenters. The standard InChI is InChI=1S/C25H26N6O7S2/c1-25(2,3)23(35)38-12-37-22(34)18-14(7-6-13-5-4-8-27-9-13)10-39-21-17(20(33)31(18)21)29-19(32)16(30-36)15-11-40-24(26)28-15/h4-9,11,17,21,36H,10,12H2,1-3H3,(H2,26,28)(H,29,32)/b7-6-,30-16+/t17-,21-/m1/s1. The number of oxime groups is 1. The second kappa shape index (κ2) is 11.9. The van der Waals surface area contributed by atoms with Crippen LogP contribution in [0.2, 0.25) is 0 Å². The first-order valence-electron chi connectivity index (χ1n) is 11.9. The third-order valence-electron chi connectivity index (χ3n) is 5.71. The van der Waals surface area contributed by atoms with Crippen molar-refractivity contribution in [2.45, 2.75) is 32.2 Å². The number of ether oxygens (including phenoxy) is 2. The molecule has 2 aliphatic heterocycles. The zero-order valence-electron chi connectivity index (χ0n) is 21.7. The van der Waals surface area contributed by atoms with Crippen molar-refractivity contribution in [3.05, 3.63) is 58.5 Å². The maximum atomic E-state index is 13.2. The monoisotopic (exact) mass is 586 g/mol. The molecule has 2 aromatic heterocycles. The smallest absolute Gasteiger partial charge is 0.358 e. The molecule has 2 aromatic rings. The molecule has 2 amide bonds. The number of amides is 2. The van der Waals surface area contributed by atoms with Gasteiger partial charge in [-0.2, -0.15) is 0 Å². The molecule has 0 saturated carbocycles. The summed E-state index contributed by atoms with van der Waals surface area (Å²) in [6.07, 6.45) is 6.68. The van der Waals surface area contributed by atoms with Crippen LogP contribution in [0.4, 0.5) is 5.13 Å². The van der Waals surface area contributed by atoms with Crippen molar-refractivity contribution in [3.63, 3.8) is 0 Å². The Labute approximate surface area is 237 Å². The highest BCUT2D eigenvalue weighted by atomic mass is 32.2. The molecule has 13 nitrogen and oxygen atoms in total. The molecule has 210 valence electrons. The lowest BCUT2D eigenvalue weighted by molar-refractivity contribution is -0.173. The molecule has 0 aliphatic carbocycles. The van der Waals surface area contributed by atoms with Gasteiger partial charge in [-0.3, -0.25) is 24.3 Å².